The molecule has 4 aliphatic rings. The van der Waals surface area contributed by atoms with Crippen molar-refractivity contribution in [3.63, 3.8) is 0 Å². The number of benzene rings is 6. The fourth-order valence-corrected chi connectivity index (χ4v) is 12.5. The first kappa shape index (κ1) is 42.9. The Kier molecular flexibility index (Phi) is 9.22. The molecule has 328 valence electrons. The minimum absolute atomic E-state index is 0.0141. The monoisotopic (exact) mass is 843 g/mol. The van der Waals surface area contributed by atoms with Gasteiger partial charge in [0.2, 0.25) is 0 Å². The van der Waals surface area contributed by atoms with Crippen LogP contribution in [0.3, 0.4) is 0 Å². The molecule has 0 radical (unpaired) electrons. The van der Waals surface area contributed by atoms with Crippen LogP contribution in [0.4, 0.5) is 34.1 Å². The molecule has 3 heteroatoms. The molecule has 64 heavy (non-hydrogen) atoms. The number of rotatable bonds is 3. The fraction of sp³-hybridized carbons (Fsp3) is 0.410. The van der Waals surface area contributed by atoms with E-state index in [1.807, 2.05) is 0 Å². The molecule has 0 saturated heterocycles. The highest BCUT2D eigenvalue weighted by Gasteiger charge is 2.49. The molecule has 0 bridgehead atoms. The molecular weight excluding hydrogens is 771 g/mol. The van der Waals surface area contributed by atoms with E-state index in [-0.39, 0.29) is 39.2 Å². The number of nitrogens with zero attached hydrogens (tertiary/aromatic N) is 2. The highest BCUT2D eigenvalue weighted by atomic mass is 15.2. The summed E-state index contributed by atoms with van der Waals surface area (Å²) in [6, 6.07) is 41.1. The van der Waals surface area contributed by atoms with Crippen LogP contribution in [0.15, 0.2) is 103 Å². The van der Waals surface area contributed by atoms with Crippen LogP contribution >= 0.6 is 0 Å². The third-order valence-electron chi connectivity index (χ3n) is 16.2. The number of aryl methyl sites for hydroxylation is 2. The summed E-state index contributed by atoms with van der Waals surface area (Å²) in [5.41, 5.74) is 26.1. The van der Waals surface area contributed by atoms with Crippen molar-refractivity contribution >= 4 is 57.2 Å². The molecule has 0 N–H and O–H groups in total. The van der Waals surface area contributed by atoms with Gasteiger partial charge in [0.15, 0.2) is 0 Å². The van der Waals surface area contributed by atoms with Crippen molar-refractivity contribution in [1.29, 1.82) is 0 Å². The van der Waals surface area contributed by atoms with Crippen LogP contribution in [0.25, 0.3) is 11.1 Å². The lowest BCUT2D eigenvalue weighted by Gasteiger charge is -2.48. The summed E-state index contributed by atoms with van der Waals surface area (Å²) in [5, 5.41) is 0. The smallest absolute Gasteiger partial charge is 0.252 e. The van der Waals surface area contributed by atoms with Crippen molar-refractivity contribution in [1.82, 2.24) is 0 Å². The molecule has 6 aromatic rings. The van der Waals surface area contributed by atoms with Crippen LogP contribution in [0, 0.1) is 13.8 Å². The van der Waals surface area contributed by atoms with Crippen molar-refractivity contribution in [2.24, 2.45) is 0 Å². The number of fused-ring (bicyclic) bond motifs is 6. The summed E-state index contributed by atoms with van der Waals surface area (Å²) in [5.74, 6) is 0. The van der Waals surface area contributed by atoms with E-state index < -0.39 is 0 Å². The Morgan fingerprint density at radius 1 is 0.422 bits per heavy atom. The van der Waals surface area contributed by atoms with E-state index in [1.165, 1.54) is 119 Å². The number of hydrogen-bond acceptors (Lipinski definition) is 2. The minimum atomic E-state index is -0.0952. The van der Waals surface area contributed by atoms with Crippen molar-refractivity contribution in [2.75, 3.05) is 9.80 Å². The zero-order valence-electron chi connectivity index (χ0n) is 41.9. The second kappa shape index (κ2) is 13.8. The Morgan fingerprint density at radius 3 is 1.52 bits per heavy atom. The molecule has 10 rings (SSSR count). The SMILES string of the molecule is Cc1cc(-c2ccccc2)ccc1N1c2ccc(C(C)(C)C)cc2B2c3cc4c(cc3N(c3cc5c(cc3C)C(C)(C)CC5(C)C)c3cc(C(C)(C)C)cc1c32)C(C)(C)CCC4(C)C. The molecular formula is C61H71BN2. The standard InChI is InChI=1S/C61H71BN2/c1-37-28-40(39-20-18-17-19-21-39)22-24-49(37)63-50-25-23-41(56(3,4)5)30-47(50)62-48-33-44-45(59(11,12)27-26-58(44,9)10)35-52(48)64(54-32-42(57(6,7)8)31-53(63)55(54)62)51-34-46-43(29-38(51)2)60(13,14)36-61(46,15)16/h17-25,28-35H,26-27,36H2,1-16H3. The van der Waals surface area contributed by atoms with Crippen LogP contribution in [-0.2, 0) is 32.5 Å². The Morgan fingerprint density at radius 2 is 0.922 bits per heavy atom. The van der Waals surface area contributed by atoms with Gasteiger partial charge >= 0.3 is 0 Å². The van der Waals surface area contributed by atoms with Gasteiger partial charge in [0.25, 0.3) is 6.71 Å². The fourth-order valence-electron chi connectivity index (χ4n) is 12.5. The predicted octanol–water partition coefficient (Wildman–Crippen LogP) is 15.0. The Labute approximate surface area is 386 Å². The van der Waals surface area contributed by atoms with Crippen molar-refractivity contribution in [3.05, 3.63) is 148 Å². The van der Waals surface area contributed by atoms with Gasteiger partial charge in [-0.05, 0) is 180 Å². The van der Waals surface area contributed by atoms with Crippen molar-refractivity contribution in [3.8, 4) is 11.1 Å². The van der Waals surface area contributed by atoms with Crippen molar-refractivity contribution in [2.45, 2.75) is 163 Å². The second-order valence-electron chi connectivity index (χ2n) is 25.0. The van der Waals surface area contributed by atoms with Crippen LogP contribution in [-0.4, -0.2) is 6.71 Å². The first-order valence-electron chi connectivity index (χ1n) is 24.2. The number of anilines is 6. The maximum Gasteiger partial charge on any atom is 0.252 e. The lowest BCUT2D eigenvalue weighted by atomic mass is 9.32. The Balaban J connectivity index is 1.35. The quantitative estimate of drug-likeness (QED) is 0.164. The number of hydrogen-bond donors (Lipinski definition) is 0. The first-order valence-corrected chi connectivity index (χ1v) is 24.2. The normalized spacial score (nSPS) is 18.5. The van der Waals surface area contributed by atoms with Crippen LogP contribution in [0.5, 0.6) is 0 Å². The zero-order chi connectivity index (χ0) is 45.8. The summed E-state index contributed by atoms with van der Waals surface area (Å²) in [7, 11) is 0. The lowest BCUT2D eigenvalue weighted by Crippen LogP contribution is -2.62. The van der Waals surface area contributed by atoms with E-state index in [9.17, 15) is 0 Å². The third-order valence-corrected chi connectivity index (χ3v) is 16.2. The van der Waals surface area contributed by atoms with E-state index in [0.717, 1.165) is 6.42 Å². The van der Waals surface area contributed by atoms with Gasteiger partial charge in [-0.1, -0.05) is 158 Å². The molecule has 0 amide bonds. The van der Waals surface area contributed by atoms with Crippen LogP contribution in [0.2, 0.25) is 0 Å². The molecule has 0 fully saturated rings. The predicted molar refractivity (Wildman–Crippen MR) is 279 cm³/mol. The van der Waals surface area contributed by atoms with E-state index in [1.54, 1.807) is 0 Å². The Bertz CT molecular complexity index is 2910. The molecule has 0 saturated carbocycles. The highest BCUT2D eigenvalue weighted by molar-refractivity contribution is 7.00. The van der Waals surface area contributed by atoms with Gasteiger partial charge in [-0.3, -0.25) is 0 Å². The van der Waals surface area contributed by atoms with Crippen molar-refractivity contribution < 1.29 is 0 Å². The summed E-state index contributed by atoms with van der Waals surface area (Å²) in [4.78, 5) is 5.39. The zero-order valence-corrected chi connectivity index (χ0v) is 41.9. The summed E-state index contributed by atoms with van der Waals surface area (Å²) < 4.78 is 0. The maximum atomic E-state index is 2.75. The van der Waals surface area contributed by atoms with Gasteiger partial charge in [-0.15, -0.1) is 0 Å². The molecule has 0 atom stereocenters. The summed E-state index contributed by atoms with van der Waals surface area (Å²) >= 11 is 0. The topological polar surface area (TPSA) is 6.48 Å². The average molecular weight is 843 g/mol. The van der Waals surface area contributed by atoms with Gasteiger partial charge < -0.3 is 9.80 Å². The van der Waals surface area contributed by atoms with Gasteiger partial charge in [0.1, 0.15) is 0 Å². The minimum Gasteiger partial charge on any atom is -0.311 e. The second-order valence-corrected chi connectivity index (χ2v) is 25.0. The van der Waals surface area contributed by atoms with E-state index >= 15 is 0 Å². The summed E-state index contributed by atoms with van der Waals surface area (Å²) in [6.45, 7) is 38.8. The average Bonchev–Trinajstić information content (AvgIpc) is 3.39. The maximum absolute atomic E-state index is 2.75. The van der Waals surface area contributed by atoms with Crippen LogP contribution in [0.1, 0.15) is 161 Å². The highest BCUT2D eigenvalue weighted by Crippen LogP contribution is 2.55. The Hall–Kier alpha value is -5.02. The van der Waals surface area contributed by atoms with Crippen LogP contribution < -0.4 is 26.2 Å². The van der Waals surface area contributed by atoms with E-state index in [4.69, 9.17) is 0 Å². The molecule has 2 aliphatic heterocycles. The molecule has 0 unspecified atom stereocenters. The van der Waals surface area contributed by atoms with Gasteiger partial charge in [-0.2, -0.15) is 0 Å². The largest absolute Gasteiger partial charge is 0.311 e. The molecule has 2 aliphatic carbocycles. The van der Waals surface area contributed by atoms with Gasteiger partial charge in [0, 0.05) is 34.1 Å². The molecule has 0 spiro atoms. The third kappa shape index (κ3) is 6.48. The molecule has 0 aromatic heterocycles. The van der Waals surface area contributed by atoms with E-state index in [0.29, 0.717) is 0 Å². The lowest BCUT2D eigenvalue weighted by molar-refractivity contribution is 0.332. The van der Waals surface area contributed by atoms with Gasteiger partial charge in [-0.25, -0.2) is 0 Å². The molecule has 2 nitrogen and oxygen atoms in total. The molecule has 6 aromatic carbocycles. The van der Waals surface area contributed by atoms with Gasteiger partial charge in [0.05, 0.1) is 0 Å². The summed E-state index contributed by atoms with van der Waals surface area (Å²) in [6.07, 6.45) is 3.51. The molecule has 2 heterocycles. The first-order chi connectivity index (χ1) is 29.8. The van der Waals surface area contributed by atoms with E-state index in [2.05, 4.69) is 224 Å².